The molecule has 0 radical (unpaired) electrons. The molecular formula is C21H24BrN3O3S. The number of halogens is 1. The summed E-state index contributed by atoms with van der Waals surface area (Å²) in [4.78, 5) is 31.4. The molecule has 154 valence electrons. The number of methoxy groups -OCH3 is 1. The van der Waals surface area contributed by atoms with E-state index >= 15 is 0 Å². The zero-order chi connectivity index (χ0) is 21.0. The summed E-state index contributed by atoms with van der Waals surface area (Å²) in [5.74, 6) is 1.32. The first-order chi connectivity index (χ1) is 13.9. The molecule has 2 heterocycles. The fourth-order valence-corrected chi connectivity index (χ4v) is 4.83. The number of aromatic nitrogens is 1. The maximum atomic E-state index is 12.8. The van der Waals surface area contributed by atoms with Gasteiger partial charge in [0.25, 0.3) is 0 Å². The second-order valence-corrected chi connectivity index (χ2v) is 8.86. The van der Waals surface area contributed by atoms with Crippen LogP contribution in [0.4, 0.5) is 5.69 Å². The first-order valence-corrected chi connectivity index (χ1v) is 11.2. The fraction of sp³-hybridized carbons (Fsp3) is 0.381. The Kier molecular flexibility index (Phi) is 7.18. The van der Waals surface area contributed by atoms with Gasteiger partial charge in [0.15, 0.2) is 0 Å². The van der Waals surface area contributed by atoms with Gasteiger partial charge in [0, 0.05) is 47.4 Å². The van der Waals surface area contributed by atoms with Gasteiger partial charge in [-0.2, -0.15) is 0 Å². The van der Waals surface area contributed by atoms with Crippen molar-refractivity contribution in [1.82, 2.24) is 10.3 Å². The van der Waals surface area contributed by atoms with Gasteiger partial charge in [-0.05, 0) is 43.7 Å². The van der Waals surface area contributed by atoms with Crippen molar-refractivity contribution in [2.45, 2.75) is 38.3 Å². The Morgan fingerprint density at radius 1 is 1.28 bits per heavy atom. The first kappa shape index (κ1) is 21.6. The third kappa shape index (κ3) is 5.30. The van der Waals surface area contributed by atoms with Crippen molar-refractivity contribution >= 4 is 45.2 Å². The van der Waals surface area contributed by atoms with E-state index < -0.39 is 0 Å². The van der Waals surface area contributed by atoms with E-state index in [1.807, 2.05) is 38.1 Å². The van der Waals surface area contributed by atoms with Gasteiger partial charge in [0.2, 0.25) is 11.8 Å². The van der Waals surface area contributed by atoms with E-state index in [-0.39, 0.29) is 24.7 Å². The first-order valence-electron chi connectivity index (χ1n) is 9.39. The lowest BCUT2D eigenvalue weighted by Gasteiger charge is -2.30. The normalized spacial score (nSPS) is 13.0. The quantitative estimate of drug-likeness (QED) is 0.680. The molecule has 0 atom stereocenters. The van der Waals surface area contributed by atoms with Crippen LogP contribution in [0.1, 0.15) is 29.7 Å². The number of rotatable bonds is 6. The number of anilines is 1. The van der Waals surface area contributed by atoms with Gasteiger partial charge < -0.3 is 15.0 Å². The molecule has 1 aromatic carbocycles. The topological polar surface area (TPSA) is 71.5 Å². The summed E-state index contributed by atoms with van der Waals surface area (Å²) >= 11 is 5.10. The van der Waals surface area contributed by atoms with Crippen LogP contribution in [-0.4, -0.2) is 36.2 Å². The smallest absolute Gasteiger partial charge is 0.227 e. The van der Waals surface area contributed by atoms with E-state index in [4.69, 9.17) is 4.74 Å². The maximum Gasteiger partial charge on any atom is 0.227 e. The zero-order valence-corrected chi connectivity index (χ0v) is 19.2. The van der Waals surface area contributed by atoms with Gasteiger partial charge in [-0.1, -0.05) is 15.9 Å². The van der Waals surface area contributed by atoms with Gasteiger partial charge in [0.05, 0.1) is 12.8 Å². The lowest BCUT2D eigenvalue weighted by Crippen LogP contribution is -2.37. The average molecular weight is 478 g/mol. The van der Waals surface area contributed by atoms with Crippen molar-refractivity contribution in [1.29, 1.82) is 0 Å². The van der Waals surface area contributed by atoms with Crippen LogP contribution in [0.5, 0.6) is 5.75 Å². The molecular weight excluding hydrogens is 454 g/mol. The molecule has 29 heavy (non-hydrogen) atoms. The van der Waals surface area contributed by atoms with Gasteiger partial charge in [-0.25, -0.2) is 4.98 Å². The number of amides is 2. The number of carbonyl (C=O) groups excluding carboxylic acids is 2. The van der Waals surface area contributed by atoms with E-state index in [2.05, 4.69) is 26.2 Å². The van der Waals surface area contributed by atoms with Gasteiger partial charge >= 0.3 is 0 Å². The van der Waals surface area contributed by atoms with E-state index in [1.165, 1.54) is 0 Å². The van der Waals surface area contributed by atoms with Crippen LogP contribution in [0.3, 0.4) is 0 Å². The summed E-state index contributed by atoms with van der Waals surface area (Å²) in [5, 5.41) is 3.77. The molecule has 1 aliphatic rings. The zero-order valence-electron chi connectivity index (χ0n) is 16.8. The molecule has 2 aromatic rings. The number of nitrogens with one attached hydrogen (secondary N) is 1. The van der Waals surface area contributed by atoms with Crippen LogP contribution in [0, 0.1) is 13.8 Å². The Labute approximate surface area is 183 Å². The lowest BCUT2D eigenvalue weighted by molar-refractivity contribution is -0.125. The molecule has 6 nitrogen and oxygen atoms in total. The minimum Gasteiger partial charge on any atom is -0.496 e. The maximum absolute atomic E-state index is 12.8. The van der Waals surface area contributed by atoms with E-state index in [1.54, 1.807) is 23.8 Å². The summed E-state index contributed by atoms with van der Waals surface area (Å²) in [6.45, 7) is 4.94. The highest BCUT2D eigenvalue weighted by atomic mass is 79.9. The molecule has 8 heteroatoms. The number of pyridine rings is 1. The Morgan fingerprint density at radius 3 is 2.83 bits per heavy atom. The van der Waals surface area contributed by atoms with Crippen molar-refractivity contribution in [3.05, 3.63) is 45.6 Å². The second kappa shape index (κ2) is 9.63. The molecule has 1 aromatic heterocycles. The number of hydrogen-bond donors (Lipinski definition) is 1. The van der Waals surface area contributed by atoms with Gasteiger partial charge in [-0.15, -0.1) is 11.8 Å². The van der Waals surface area contributed by atoms with E-state index in [0.717, 1.165) is 37.8 Å². The highest BCUT2D eigenvalue weighted by molar-refractivity contribution is 9.10. The molecule has 0 saturated heterocycles. The van der Waals surface area contributed by atoms with Crippen molar-refractivity contribution in [2.24, 2.45) is 0 Å². The predicted octanol–water partition coefficient (Wildman–Crippen LogP) is 4.00. The highest BCUT2D eigenvalue weighted by Crippen LogP contribution is 2.36. The Hall–Kier alpha value is -2.06. The Balaban J connectivity index is 1.58. The third-order valence-electron chi connectivity index (χ3n) is 4.69. The van der Waals surface area contributed by atoms with Crippen LogP contribution in [0.2, 0.25) is 0 Å². The van der Waals surface area contributed by atoms with E-state index in [9.17, 15) is 9.59 Å². The molecule has 0 aliphatic carbocycles. The Morgan fingerprint density at radius 2 is 2.07 bits per heavy atom. The minimum atomic E-state index is -0.161. The number of thioether (sulfide) groups is 1. The van der Waals surface area contributed by atoms with Gasteiger partial charge in [-0.3, -0.25) is 9.59 Å². The number of aryl methyl sites for hydroxylation is 2. The van der Waals surface area contributed by atoms with Gasteiger partial charge in [0.1, 0.15) is 10.8 Å². The predicted molar refractivity (Wildman–Crippen MR) is 119 cm³/mol. The second-order valence-electron chi connectivity index (χ2n) is 6.86. The molecule has 0 bridgehead atoms. The number of ether oxygens (including phenoxy) is 1. The highest BCUT2D eigenvalue weighted by Gasteiger charge is 2.26. The number of carbonyl (C=O) groups is 2. The largest absolute Gasteiger partial charge is 0.496 e. The van der Waals surface area contributed by atoms with Crippen LogP contribution >= 0.6 is 27.7 Å². The molecule has 0 spiro atoms. The van der Waals surface area contributed by atoms with Crippen LogP contribution < -0.4 is 15.0 Å². The number of nitrogens with zero attached hydrogens (tertiary/aromatic N) is 2. The van der Waals surface area contributed by atoms with Crippen molar-refractivity contribution in [2.75, 3.05) is 24.3 Å². The van der Waals surface area contributed by atoms with E-state index in [0.29, 0.717) is 18.8 Å². The molecule has 0 unspecified atom stereocenters. The monoisotopic (exact) mass is 477 g/mol. The third-order valence-corrected chi connectivity index (χ3v) is 6.13. The summed E-state index contributed by atoms with van der Waals surface area (Å²) in [6.07, 6.45) is 0.311. The number of hydrogen-bond acceptors (Lipinski definition) is 5. The van der Waals surface area contributed by atoms with Crippen molar-refractivity contribution in [3.8, 4) is 5.75 Å². The average Bonchev–Trinajstić information content (AvgIpc) is 2.69. The standard InChI is InChI=1S/C21H24BrN3O3S/c1-13-10-14(2)24-21-20(13)25(8-9-29-21)19(27)7-6-18(26)23-12-15-11-16(22)4-5-17(15)28-3/h4-5,10-11H,6-9,12H2,1-3H3,(H,23,26). The number of fused-ring (bicyclic) bond motifs is 1. The Bertz CT molecular complexity index is 936. The molecule has 0 saturated carbocycles. The van der Waals surface area contributed by atoms with Crippen LogP contribution in [0.25, 0.3) is 0 Å². The molecule has 0 fully saturated rings. The van der Waals surface area contributed by atoms with Crippen molar-refractivity contribution < 1.29 is 14.3 Å². The summed E-state index contributed by atoms with van der Waals surface area (Å²) in [6, 6.07) is 7.63. The fourth-order valence-electron chi connectivity index (χ4n) is 3.34. The summed E-state index contributed by atoms with van der Waals surface area (Å²) < 4.78 is 6.24. The SMILES string of the molecule is COc1ccc(Br)cc1CNC(=O)CCC(=O)N1CCSc2nc(C)cc(C)c21. The molecule has 1 aliphatic heterocycles. The van der Waals surface area contributed by atoms with Crippen LogP contribution in [-0.2, 0) is 16.1 Å². The molecule has 1 N–H and O–H groups in total. The van der Waals surface area contributed by atoms with Crippen molar-refractivity contribution in [3.63, 3.8) is 0 Å². The molecule has 3 rings (SSSR count). The summed E-state index contributed by atoms with van der Waals surface area (Å²) in [5.41, 5.74) is 3.75. The lowest BCUT2D eigenvalue weighted by atomic mass is 10.1. The summed E-state index contributed by atoms with van der Waals surface area (Å²) in [7, 11) is 1.60. The van der Waals surface area contributed by atoms with Crippen LogP contribution in [0.15, 0.2) is 33.8 Å². The number of benzene rings is 1. The minimum absolute atomic E-state index is 0.0458. The molecule has 2 amide bonds.